The smallest absolute Gasteiger partial charge is 0.251 e. The van der Waals surface area contributed by atoms with Gasteiger partial charge in [-0.3, -0.25) is 9.78 Å². The zero-order valence-corrected chi connectivity index (χ0v) is 17.5. The van der Waals surface area contributed by atoms with Crippen LogP contribution in [0.5, 0.6) is 0 Å². The Morgan fingerprint density at radius 1 is 1.10 bits per heavy atom. The maximum absolute atomic E-state index is 12.5. The van der Waals surface area contributed by atoms with Gasteiger partial charge in [-0.05, 0) is 73.9 Å². The lowest BCUT2D eigenvalue weighted by atomic mass is 10.0. The Kier molecular flexibility index (Phi) is 5.74. The van der Waals surface area contributed by atoms with Crippen molar-refractivity contribution in [2.24, 2.45) is 0 Å². The van der Waals surface area contributed by atoms with Gasteiger partial charge in [-0.15, -0.1) is 0 Å². The van der Waals surface area contributed by atoms with Gasteiger partial charge in [0.15, 0.2) is 0 Å². The standard InChI is InChI=1S/C23H21Cl2N3O/c1-15(27-23(29)16-7-9-18(24)10-8-16)21-12-17-4-3-11-28(22(17)14-26-21)20-6-2-5-19(25)13-20/h2,5-10,12-15H,3-4,11H2,1H3,(H,27,29). The molecular formula is C23H21Cl2N3O. The van der Waals surface area contributed by atoms with Gasteiger partial charge in [0, 0.05) is 27.8 Å². The van der Waals surface area contributed by atoms with Crippen LogP contribution in [-0.2, 0) is 6.42 Å². The molecule has 4 rings (SSSR count). The number of fused-ring (bicyclic) bond motifs is 1. The van der Waals surface area contributed by atoms with Crippen molar-refractivity contribution in [1.82, 2.24) is 10.3 Å². The molecule has 1 aliphatic rings. The number of halogens is 2. The van der Waals surface area contributed by atoms with Crippen molar-refractivity contribution < 1.29 is 4.79 Å². The molecule has 0 saturated heterocycles. The van der Waals surface area contributed by atoms with Crippen LogP contribution in [0, 0.1) is 0 Å². The van der Waals surface area contributed by atoms with Crippen LogP contribution in [0.3, 0.4) is 0 Å². The van der Waals surface area contributed by atoms with E-state index in [1.54, 1.807) is 24.3 Å². The van der Waals surface area contributed by atoms with Gasteiger partial charge in [-0.25, -0.2) is 0 Å². The number of pyridine rings is 1. The normalized spacial score (nSPS) is 14.2. The van der Waals surface area contributed by atoms with Crippen LogP contribution in [0.15, 0.2) is 60.8 Å². The van der Waals surface area contributed by atoms with Gasteiger partial charge in [0.2, 0.25) is 0 Å². The summed E-state index contributed by atoms with van der Waals surface area (Å²) in [5.74, 6) is -0.144. The first-order valence-electron chi connectivity index (χ1n) is 9.59. The maximum atomic E-state index is 12.5. The van der Waals surface area contributed by atoms with E-state index in [-0.39, 0.29) is 11.9 Å². The van der Waals surface area contributed by atoms with Crippen molar-refractivity contribution in [1.29, 1.82) is 0 Å². The molecule has 148 valence electrons. The van der Waals surface area contributed by atoms with Crippen molar-refractivity contribution in [3.8, 4) is 0 Å². The van der Waals surface area contributed by atoms with Crippen LogP contribution >= 0.6 is 23.2 Å². The Labute approximate surface area is 180 Å². The maximum Gasteiger partial charge on any atom is 0.251 e. The van der Waals surface area contributed by atoms with Gasteiger partial charge >= 0.3 is 0 Å². The molecule has 0 spiro atoms. The summed E-state index contributed by atoms with van der Waals surface area (Å²) in [4.78, 5) is 19.4. The molecule has 0 bridgehead atoms. The molecule has 1 aliphatic heterocycles. The van der Waals surface area contributed by atoms with Gasteiger partial charge in [0.1, 0.15) is 0 Å². The van der Waals surface area contributed by atoms with Crippen LogP contribution < -0.4 is 10.2 Å². The Morgan fingerprint density at radius 2 is 1.90 bits per heavy atom. The first-order chi connectivity index (χ1) is 14.0. The monoisotopic (exact) mass is 425 g/mol. The van der Waals surface area contributed by atoms with Gasteiger partial charge in [0.25, 0.3) is 5.91 Å². The third-order valence-electron chi connectivity index (χ3n) is 5.12. The van der Waals surface area contributed by atoms with Crippen molar-refractivity contribution in [3.05, 3.63) is 87.7 Å². The lowest BCUT2D eigenvalue weighted by molar-refractivity contribution is 0.0939. The number of benzene rings is 2. The summed E-state index contributed by atoms with van der Waals surface area (Å²) in [7, 11) is 0. The lowest BCUT2D eigenvalue weighted by Crippen LogP contribution is -2.28. The van der Waals surface area contributed by atoms with Crippen molar-refractivity contribution >= 4 is 40.5 Å². The van der Waals surface area contributed by atoms with E-state index in [0.29, 0.717) is 10.6 Å². The third kappa shape index (κ3) is 4.39. The molecule has 0 fully saturated rings. The SMILES string of the molecule is CC(NC(=O)c1ccc(Cl)cc1)c1cc2c(cn1)N(c1cccc(Cl)c1)CCC2. The van der Waals surface area contributed by atoms with E-state index in [2.05, 4.69) is 27.3 Å². The topological polar surface area (TPSA) is 45.2 Å². The van der Waals surface area contributed by atoms with Crippen LogP contribution in [-0.4, -0.2) is 17.4 Å². The average Bonchev–Trinajstić information content (AvgIpc) is 2.73. The fourth-order valence-electron chi connectivity index (χ4n) is 3.60. The third-order valence-corrected chi connectivity index (χ3v) is 5.61. The average molecular weight is 426 g/mol. The quantitative estimate of drug-likeness (QED) is 0.560. The molecule has 0 saturated carbocycles. The molecule has 1 N–H and O–H groups in total. The highest BCUT2D eigenvalue weighted by Gasteiger charge is 2.21. The van der Waals surface area contributed by atoms with E-state index in [0.717, 1.165) is 41.5 Å². The van der Waals surface area contributed by atoms with E-state index < -0.39 is 0 Å². The first kappa shape index (κ1) is 19.7. The second kappa shape index (κ2) is 8.44. The summed E-state index contributed by atoms with van der Waals surface area (Å²) >= 11 is 12.1. The Balaban J connectivity index is 1.54. The molecule has 4 nitrogen and oxygen atoms in total. The predicted molar refractivity (Wildman–Crippen MR) is 118 cm³/mol. The highest BCUT2D eigenvalue weighted by molar-refractivity contribution is 6.31. The van der Waals surface area contributed by atoms with Crippen LogP contribution in [0.25, 0.3) is 0 Å². The molecule has 1 atom stereocenters. The first-order valence-corrected chi connectivity index (χ1v) is 10.4. The fraction of sp³-hybridized carbons (Fsp3) is 0.217. The summed E-state index contributed by atoms with van der Waals surface area (Å²) in [5.41, 5.74) is 4.81. The van der Waals surface area contributed by atoms with Crippen LogP contribution in [0.1, 0.15) is 41.0 Å². The number of aromatic nitrogens is 1. The Bertz CT molecular complexity index is 1040. The zero-order chi connectivity index (χ0) is 20.4. The van der Waals surface area contributed by atoms with E-state index in [1.165, 1.54) is 5.56 Å². The Hall–Kier alpha value is -2.56. The Morgan fingerprint density at radius 3 is 2.66 bits per heavy atom. The molecular weight excluding hydrogens is 405 g/mol. The molecule has 0 radical (unpaired) electrons. The number of anilines is 2. The number of nitrogens with one attached hydrogen (secondary N) is 1. The second-order valence-corrected chi connectivity index (χ2v) is 8.05. The summed E-state index contributed by atoms with van der Waals surface area (Å²) in [6.45, 7) is 2.87. The van der Waals surface area contributed by atoms with Crippen molar-refractivity contribution in [3.63, 3.8) is 0 Å². The molecule has 1 unspecified atom stereocenters. The molecule has 3 aromatic rings. The minimum atomic E-state index is -0.204. The minimum Gasteiger partial charge on any atom is -0.344 e. The van der Waals surface area contributed by atoms with Gasteiger partial charge < -0.3 is 10.2 Å². The number of rotatable bonds is 4. The number of hydrogen-bond donors (Lipinski definition) is 1. The van der Waals surface area contributed by atoms with Gasteiger partial charge in [-0.1, -0.05) is 29.3 Å². The highest BCUT2D eigenvalue weighted by Crippen LogP contribution is 2.34. The van der Waals surface area contributed by atoms with E-state index in [1.807, 2.05) is 31.3 Å². The molecule has 2 heterocycles. The number of carbonyl (C=O) groups is 1. The fourth-order valence-corrected chi connectivity index (χ4v) is 3.91. The zero-order valence-electron chi connectivity index (χ0n) is 16.0. The van der Waals surface area contributed by atoms with Crippen LogP contribution in [0.4, 0.5) is 11.4 Å². The highest BCUT2D eigenvalue weighted by atomic mass is 35.5. The number of nitrogens with zero attached hydrogens (tertiary/aromatic N) is 2. The summed E-state index contributed by atoms with van der Waals surface area (Å²) < 4.78 is 0. The van der Waals surface area contributed by atoms with Crippen molar-refractivity contribution in [2.45, 2.75) is 25.8 Å². The molecule has 1 amide bonds. The predicted octanol–water partition coefficient (Wildman–Crippen LogP) is 5.96. The van der Waals surface area contributed by atoms with Gasteiger partial charge in [0.05, 0.1) is 23.6 Å². The van der Waals surface area contributed by atoms with Crippen molar-refractivity contribution in [2.75, 3.05) is 11.4 Å². The summed E-state index contributed by atoms with van der Waals surface area (Å²) in [6.07, 6.45) is 3.93. The van der Waals surface area contributed by atoms with E-state index >= 15 is 0 Å². The second-order valence-electron chi connectivity index (χ2n) is 7.17. The molecule has 2 aromatic carbocycles. The van der Waals surface area contributed by atoms with Gasteiger partial charge in [-0.2, -0.15) is 0 Å². The molecule has 29 heavy (non-hydrogen) atoms. The minimum absolute atomic E-state index is 0.144. The van der Waals surface area contributed by atoms with E-state index in [4.69, 9.17) is 23.2 Å². The largest absolute Gasteiger partial charge is 0.344 e. The number of amides is 1. The number of carbonyl (C=O) groups excluding carboxylic acids is 1. The van der Waals surface area contributed by atoms with Crippen LogP contribution in [0.2, 0.25) is 10.0 Å². The summed E-state index contributed by atoms with van der Waals surface area (Å²) in [6, 6.07) is 16.6. The molecule has 0 aliphatic carbocycles. The number of aryl methyl sites for hydroxylation is 1. The summed E-state index contributed by atoms with van der Waals surface area (Å²) in [5, 5.41) is 4.34. The van der Waals surface area contributed by atoms with E-state index in [9.17, 15) is 4.79 Å². The molecule has 1 aromatic heterocycles. The number of hydrogen-bond acceptors (Lipinski definition) is 3. The lowest BCUT2D eigenvalue weighted by Gasteiger charge is -2.31. The molecule has 6 heteroatoms.